The molecule has 0 saturated carbocycles. The Balaban J connectivity index is 2.33. The normalized spacial score (nSPS) is 13.0. The van der Waals surface area contributed by atoms with Gasteiger partial charge in [-0.1, -0.05) is 12.1 Å². The first kappa shape index (κ1) is 9.43. The number of hydrogen-bond acceptors (Lipinski definition) is 4. The summed E-state index contributed by atoms with van der Waals surface area (Å²) in [5, 5.41) is 13.2. The Morgan fingerprint density at radius 1 is 1.50 bits per heavy atom. The van der Waals surface area contributed by atoms with Crippen molar-refractivity contribution in [1.29, 1.82) is 0 Å². The summed E-state index contributed by atoms with van der Waals surface area (Å²) < 4.78 is 5.47. The molecule has 0 radical (unpaired) electrons. The zero-order valence-corrected chi connectivity index (χ0v) is 8.71. The second-order valence-corrected chi connectivity index (χ2v) is 4.06. The van der Waals surface area contributed by atoms with Gasteiger partial charge in [0.05, 0.1) is 11.3 Å². The largest absolute Gasteiger partial charge is 0.394 e. The highest BCUT2D eigenvalue weighted by atomic mass is 32.1. The highest BCUT2D eigenvalue weighted by Crippen LogP contribution is 2.26. The van der Waals surface area contributed by atoms with Crippen LogP contribution in [0.3, 0.4) is 0 Å². The third kappa shape index (κ3) is 1.71. The number of aliphatic hydroxyl groups excluding tert-OH is 1. The van der Waals surface area contributed by atoms with Gasteiger partial charge in [-0.3, -0.25) is 0 Å². The van der Waals surface area contributed by atoms with E-state index < -0.39 is 0 Å². The van der Waals surface area contributed by atoms with Gasteiger partial charge in [0.1, 0.15) is 5.82 Å². The van der Waals surface area contributed by atoms with Crippen LogP contribution in [0.15, 0.2) is 24.3 Å². The minimum atomic E-state index is 0.0421. The number of benzene rings is 1. The molecule has 1 atom stereocenters. The van der Waals surface area contributed by atoms with Crippen molar-refractivity contribution in [3.05, 3.63) is 24.3 Å². The van der Waals surface area contributed by atoms with Crippen molar-refractivity contribution >= 4 is 27.4 Å². The van der Waals surface area contributed by atoms with E-state index in [0.29, 0.717) is 0 Å². The Hall–Kier alpha value is -1.13. The molecule has 4 heteroatoms. The average Bonchev–Trinajstić information content (AvgIpc) is 2.62. The molecular weight excluding hydrogens is 196 g/mol. The van der Waals surface area contributed by atoms with Crippen LogP contribution in [0.5, 0.6) is 0 Å². The Kier molecular flexibility index (Phi) is 2.65. The number of anilines is 1. The molecule has 1 heterocycles. The Morgan fingerprint density at radius 3 is 3.07 bits per heavy atom. The fourth-order valence-corrected chi connectivity index (χ4v) is 2.01. The predicted octanol–water partition coefficient (Wildman–Crippen LogP) is 2.09. The number of fused-ring (bicyclic) bond motifs is 1. The van der Waals surface area contributed by atoms with Gasteiger partial charge in [-0.05, 0) is 30.6 Å². The van der Waals surface area contributed by atoms with Crippen LogP contribution >= 0.6 is 11.5 Å². The molecule has 0 fully saturated rings. The van der Waals surface area contributed by atoms with Crippen LogP contribution in [-0.4, -0.2) is 22.1 Å². The lowest BCUT2D eigenvalue weighted by Gasteiger charge is -2.09. The lowest BCUT2D eigenvalue weighted by Crippen LogP contribution is -2.19. The smallest absolute Gasteiger partial charge is 0.147 e. The van der Waals surface area contributed by atoms with Gasteiger partial charge in [0, 0.05) is 11.4 Å². The van der Waals surface area contributed by atoms with Gasteiger partial charge in [0.2, 0.25) is 0 Å². The molecule has 0 spiro atoms. The quantitative estimate of drug-likeness (QED) is 0.811. The Morgan fingerprint density at radius 2 is 2.29 bits per heavy atom. The summed E-state index contributed by atoms with van der Waals surface area (Å²) in [6.45, 7) is 2.04. The van der Waals surface area contributed by atoms with Crippen LogP contribution in [0.25, 0.3) is 10.1 Å². The van der Waals surface area contributed by atoms with E-state index in [4.69, 9.17) is 5.11 Å². The van der Waals surface area contributed by atoms with Gasteiger partial charge in [-0.2, -0.15) is 4.37 Å². The van der Waals surface area contributed by atoms with E-state index in [0.717, 1.165) is 11.2 Å². The van der Waals surface area contributed by atoms with E-state index in [9.17, 15) is 0 Å². The van der Waals surface area contributed by atoms with E-state index in [1.54, 1.807) is 0 Å². The number of rotatable bonds is 3. The second-order valence-electron chi connectivity index (χ2n) is 3.26. The first-order valence-corrected chi connectivity index (χ1v) is 5.30. The SMILES string of the molecule is CC(CO)Nc1nsc2ccccc12. The predicted molar refractivity (Wildman–Crippen MR) is 59.8 cm³/mol. The minimum Gasteiger partial charge on any atom is -0.394 e. The molecule has 2 rings (SSSR count). The molecule has 2 aromatic rings. The summed E-state index contributed by atoms with van der Waals surface area (Å²) >= 11 is 1.47. The number of nitrogens with one attached hydrogen (secondary N) is 1. The Bertz CT molecular complexity index is 427. The molecule has 1 unspecified atom stereocenters. The van der Waals surface area contributed by atoms with Gasteiger partial charge in [0.25, 0.3) is 0 Å². The van der Waals surface area contributed by atoms with E-state index in [2.05, 4.69) is 9.69 Å². The maximum Gasteiger partial charge on any atom is 0.147 e. The molecule has 0 aliphatic heterocycles. The fraction of sp³-hybridized carbons (Fsp3) is 0.300. The van der Waals surface area contributed by atoms with Crippen LogP contribution in [0.1, 0.15) is 6.92 Å². The number of aliphatic hydroxyl groups is 1. The van der Waals surface area contributed by atoms with Crippen LogP contribution in [0, 0.1) is 0 Å². The number of aromatic nitrogens is 1. The molecule has 74 valence electrons. The van der Waals surface area contributed by atoms with Crippen LogP contribution < -0.4 is 5.32 Å². The first-order chi connectivity index (χ1) is 6.81. The molecule has 2 N–H and O–H groups in total. The average molecular weight is 208 g/mol. The summed E-state index contributed by atoms with van der Waals surface area (Å²) in [5.41, 5.74) is 0. The second kappa shape index (κ2) is 3.94. The molecule has 1 aromatic carbocycles. The van der Waals surface area contributed by atoms with Crippen molar-refractivity contribution in [1.82, 2.24) is 4.37 Å². The third-order valence-corrected chi connectivity index (χ3v) is 2.86. The fourth-order valence-electron chi connectivity index (χ4n) is 1.27. The van der Waals surface area contributed by atoms with Gasteiger partial charge >= 0.3 is 0 Å². The molecule has 0 aliphatic rings. The highest BCUT2D eigenvalue weighted by Gasteiger charge is 2.07. The van der Waals surface area contributed by atoms with Crippen molar-refractivity contribution in [2.75, 3.05) is 11.9 Å². The lowest BCUT2D eigenvalue weighted by molar-refractivity contribution is 0.281. The van der Waals surface area contributed by atoms with Gasteiger partial charge < -0.3 is 10.4 Å². The molecule has 0 aliphatic carbocycles. The summed E-state index contributed by atoms with van der Waals surface area (Å²) in [6.07, 6.45) is 0. The van der Waals surface area contributed by atoms with Crippen molar-refractivity contribution < 1.29 is 5.11 Å². The molecule has 3 nitrogen and oxygen atoms in total. The lowest BCUT2D eigenvalue weighted by atomic mass is 10.2. The zero-order valence-electron chi connectivity index (χ0n) is 7.90. The minimum absolute atomic E-state index is 0.0421. The molecular formula is C10H12N2OS. The topological polar surface area (TPSA) is 45.1 Å². The van der Waals surface area contributed by atoms with Gasteiger partial charge in [-0.15, -0.1) is 0 Å². The summed E-state index contributed by atoms with van der Waals surface area (Å²) in [6, 6.07) is 8.11. The van der Waals surface area contributed by atoms with Crippen LogP contribution in [-0.2, 0) is 0 Å². The van der Waals surface area contributed by atoms with Gasteiger partial charge in [0.15, 0.2) is 0 Å². The van der Waals surface area contributed by atoms with E-state index >= 15 is 0 Å². The monoisotopic (exact) mass is 208 g/mol. The standard InChI is InChI=1S/C10H12N2OS/c1-7(6-13)11-10-8-4-2-3-5-9(8)14-12-10/h2-5,7,13H,6H2,1H3,(H,11,12). The molecule has 0 bridgehead atoms. The van der Waals surface area contributed by atoms with E-state index in [1.807, 2.05) is 31.2 Å². The highest BCUT2D eigenvalue weighted by molar-refractivity contribution is 7.13. The maximum absolute atomic E-state index is 8.92. The third-order valence-electron chi connectivity index (χ3n) is 2.03. The maximum atomic E-state index is 8.92. The molecule has 14 heavy (non-hydrogen) atoms. The zero-order chi connectivity index (χ0) is 9.97. The van der Waals surface area contributed by atoms with Gasteiger partial charge in [-0.25, -0.2) is 0 Å². The van der Waals surface area contributed by atoms with Crippen LogP contribution in [0.4, 0.5) is 5.82 Å². The van der Waals surface area contributed by atoms with Crippen molar-refractivity contribution in [3.8, 4) is 0 Å². The van der Waals surface area contributed by atoms with E-state index in [1.165, 1.54) is 16.2 Å². The first-order valence-electron chi connectivity index (χ1n) is 4.53. The molecule has 1 aromatic heterocycles. The molecule has 0 amide bonds. The summed E-state index contributed by atoms with van der Waals surface area (Å²) in [7, 11) is 0. The van der Waals surface area contributed by atoms with E-state index in [-0.39, 0.29) is 12.6 Å². The summed E-state index contributed by atoms with van der Waals surface area (Å²) in [5.74, 6) is 0.868. The van der Waals surface area contributed by atoms with Crippen LogP contribution in [0.2, 0.25) is 0 Å². The Labute approximate surface area is 86.6 Å². The van der Waals surface area contributed by atoms with Crippen molar-refractivity contribution in [3.63, 3.8) is 0 Å². The van der Waals surface area contributed by atoms with Crippen molar-refractivity contribution in [2.45, 2.75) is 13.0 Å². The number of nitrogens with zero attached hydrogens (tertiary/aromatic N) is 1. The summed E-state index contributed by atoms with van der Waals surface area (Å²) in [4.78, 5) is 0. The van der Waals surface area contributed by atoms with Crippen molar-refractivity contribution in [2.24, 2.45) is 0 Å². The number of hydrogen-bond donors (Lipinski definition) is 2. The molecule has 0 saturated heterocycles.